The summed E-state index contributed by atoms with van der Waals surface area (Å²) in [6.07, 6.45) is 0. The second-order valence-electron chi connectivity index (χ2n) is 14.2. The van der Waals surface area contributed by atoms with Gasteiger partial charge in [-0.05, 0) is 82.6 Å². The summed E-state index contributed by atoms with van der Waals surface area (Å²) in [6.45, 7) is 0. The highest BCUT2D eigenvalue weighted by molar-refractivity contribution is 6.14. The molecule has 0 N–H and O–H groups in total. The molecule has 4 aromatic heterocycles. The molecule has 0 spiro atoms. The predicted molar refractivity (Wildman–Crippen MR) is 226 cm³/mol. The molecule has 0 unspecified atom stereocenters. The molecular weight excluding hydrogens is 673 g/mol. The lowest BCUT2D eigenvalue weighted by Gasteiger charge is -2.10. The van der Waals surface area contributed by atoms with E-state index in [4.69, 9.17) is 14.4 Å². The number of nitrogens with zero attached hydrogens (tertiary/aromatic N) is 4. The average Bonchev–Trinajstić information content (AvgIpc) is 3.90. The largest absolute Gasteiger partial charge is 0.452 e. The van der Waals surface area contributed by atoms with Gasteiger partial charge in [0.05, 0.1) is 22.1 Å². The molecule has 12 aromatic rings. The molecule has 55 heavy (non-hydrogen) atoms. The molecule has 8 aromatic carbocycles. The van der Waals surface area contributed by atoms with E-state index < -0.39 is 0 Å². The Morgan fingerprint density at radius 1 is 0.382 bits per heavy atom. The Morgan fingerprint density at radius 3 is 1.62 bits per heavy atom. The van der Waals surface area contributed by atoms with Crippen molar-refractivity contribution < 1.29 is 4.42 Å². The van der Waals surface area contributed by atoms with Crippen LogP contribution >= 0.6 is 0 Å². The van der Waals surface area contributed by atoms with Gasteiger partial charge in [-0.1, -0.05) is 121 Å². The lowest BCUT2D eigenvalue weighted by molar-refractivity contribution is 0.667. The highest BCUT2D eigenvalue weighted by Gasteiger charge is 2.22. The monoisotopic (exact) mass is 702 g/mol. The normalized spacial score (nSPS) is 12.0. The molecule has 4 heterocycles. The Balaban J connectivity index is 1.08. The zero-order valence-corrected chi connectivity index (χ0v) is 29.5. The zero-order chi connectivity index (χ0) is 36.0. The lowest BCUT2D eigenvalue weighted by atomic mass is 10.0. The van der Waals surface area contributed by atoms with Crippen LogP contribution in [0.15, 0.2) is 186 Å². The molecular formula is C50H30N4O. The number of rotatable bonds is 4. The summed E-state index contributed by atoms with van der Waals surface area (Å²) >= 11 is 0. The van der Waals surface area contributed by atoms with Crippen LogP contribution in [0.25, 0.3) is 110 Å². The maximum atomic E-state index is 6.61. The van der Waals surface area contributed by atoms with Crippen molar-refractivity contribution in [3.8, 4) is 34.0 Å². The first-order chi connectivity index (χ1) is 27.3. The molecule has 0 amide bonds. The van der Waals surface area contributed by atoms with E-state index in [0.29, 0.717) is 11.5 Å². The Labute approximate surface area is 315 Å². The SMILES string of the molecule is c1ccc(-c2nc(-n3c4ccccc4c4cc(-c5ccc6c(c5)c5ccccc5n6-c5ccccc5)ccc43)nc3c2oc2cc4ccccc4cc23)cc1. The van der Waals surface area contributed by atoms with Gasteiger partial charge in [-0.15, -0.1) is 0 Å². The number of fused-ring (bicyclic) bond motifs is 10. The summed E-state index contributed by atoms with van der Waals surface area (Å²) in [5, 5.41) is 8.01. The maximum Gasteiger partial charge on any atom is 0.236 e. The van der Waals surface area contributed by atoms with Gasteiger partial charge in [0.25, 0.3) is 0 Å². The lowest BCUT2D eigenvalue weighted by Crippen LogP contribution is -2.02. The summed E-state index contributed by atoms with van der Waals surface area (Å²) in [4.78, 5) is 10.6. The Morgan fingerprint density at radius 2 is 0.927 bits per heavy atom. The van der Waals surface area contributed by atoms with Crippen molar-refractivity contribution in [2.75, 3.05) is 0 Å². The van der Waals surface area contributed by atoms with E-state index >= 15 is 0 Å². The van der Waals surface area contributed by atoms with Crippen molar-refractivity contribution >= 4 is 76.5 Å². The van der Waals surface area contributed by atoms with Crippen LogP contribution in [0.4, 0.5) is 0 Å². The molecule has 0 bridgehead atoms. The Kier molecular flexibility index (Phi) is 6.27. The van der Waals surface area contributed by atoms with E-state index in [9.17, 15) is 0 Å². The van der Waals surface area contributed by atoms with Gasteiger partial charge in [0.2, 0.25) is 5.95 Å². The van der Waals surface area contributed by atoms with Gasteiger partial charge in [0, 0.05) is 38.2 Å². The molecule has 0 radical (unpaired) electrons. The van der Waals surface area contributed by atoms with Gasteiger partial charge >= 0.3 is 0 Å². The van der Waals surface area contributed by atoms with Crippen molar-refractivity contribution in [2.45, 2.75) is 0 Å². The van der Waals surface area contributed by atoms with E-state index in [1.165, 1.54) is 27.4 Å². The number of benzene rings is 8. The molecule has 0 atom stereocenters. The highest BCUT2D eigenvalue weighted by Crippen LogP contribution is 2.40. The molecule has 0 aliphatic heterocycles. The number of aromatic nitrogens is 4. The first kappa shape index (κ1) is 30.0. The van der Waals surface area contributed by atoms with Crippen molar-refractivity contribution in [1.29, 1.82) is 0 Å². The highest BCUT2D eigenvalue weighted by atomic mass is 16.3. The third-order valence-corrected chi connectivity index (χ3v) is 11.1. The number of para-hydroxylation sites is 3. The third kappa shape index (κ3) is 4.47. The van der Waals surface area contributed by atoms with Crippen LogP contribution in [0.5, 0.6) is 0 Å². The van der Waals surface area contributed by atoms with Crippen molar-refractivity contribution in [1.82, 2.24) is 19.1 Å². The molecule has 256 valence electrons. The van der Waals surface area contributed by atoms with E-state index in [2.05, 4.69) is 173 Å². The van der Waals surface area contributed by atoms with Crippen molar-refractivity contribution in [3.05, 3.63) is 182 Å². The fourth-order valence-electron chi connectivity index (χ4n) is 8.58. The van der Waals surface area contributed by atoms with E-state index in [0.717, 1.165) is 71.6 Å². The minimum absolute atomic E-state index is 0.608. The zero-order valence-electron chi connectivity index (χ0n) is 29.5. The summed E-state index contributed by atoms with van der Waals surface area (Å²) in [6, 6.07) is 64.4. The van der Waals surface area contributed by atoms with Crippen LogP contribution < -0.4 is 0 Å². The predicted octanol–water partition coefficient (Wildman–Crippen LogP) is 13.1. The second kappa shape index (κ2) is 11.5. The minimum Gasteiger partial charge on any atom is -0.452 e. The van der Waals surface area contributed by atoms with Crippen LogP contribution in [0.3, 0.4) is 0 Å². The van der Waals surface area contributed by atoms with Gasteiger partial charge in [0.15, 0.2) is 5.58 Å². The van der Waals surface area contributed by atoms with Gasteiger partial charge < -0.3 is 8.98 Å². The average molecular weight is 703 g/mol. The molecule has 0 saturated heterocycles. The molecule has 0 aliphatic rings. The summed E-state index contributed by atoms with van der Waals surface area (Å²) < 4.78 is 11.2. The first-order valence-corrected chi connectivity index (χ1v) is 18.6. The standard InChI is InChI=1S/C50H30N4O/c1-3-13-31(14-4-1)47-49-48(41-29-32-15-7-8-16-33(32)30-46(41)55-49)52-50(51-47)54-43-22-12-10-20-38(43)40-28-35(24-26-45(40)54)34-23-25-44-39(27-34)37-19-9-11-21-42(37)53(44)36-17-5-2-6-18-36/h1-30H. The molecule has 0 fully saturated rings. The molecule has 0 saturated carbocycles. The fraction of sp³-hybridized carbons (Fsp3) is 0. The summed E-state index contributed by atoms with van der Waals surface area (Å²) in [5.74, 6) is 0.608. The van der Waals surface area contributed by atoms with Crippen molar-refractivity contribution in [2.24, 2.45) is 0 Å². The van der Waals surface area contributed by atoms with Crippen LogP contribution in [0.1, 0.15) is 0 Å². The second-order valence-corrected chi connectivity index (χ2v) is 14.2. The van der Waals surface area contributed by atoms with Crippen LogP contribution in [-0.4, -0.2) is 19.1 Å². The van der Waals surface area contributed by atoms with E-state index in [1.54, 1.807) is 0 Å². The Hall–Kier alpha value is -7.50. The third-order valence-electron chi connectivity index (χ3n) is 11.1. The number of hydrogen-bond donors (Lipinski definition) is 0. The number of hydrogen-bond acceptors (Lipinski definition) is 3. The minimum atomic E-state index is 0.608. The van der Waals surface area contributed by atoms with E-state index in [1.807, 2.05) is 18.2 Å². The quantitative estimate of drug-likeness (QED) is 0.183. The summed E-state index contributed by atoms with van der Waals surface area (Å²) in [5.41, 5.74) is 12.0. The first-order valence-electron chi connectivity index (χ1n) is 18.6. The maximum absolute atomic E-state index is 6.61. The Bertz CT molecular complexity index is 3480. The smallest absolute Gasteiger partial charge is 0.236 e. The van der Waals surface area contributed by atoms with E-state index in [-0.39, 0.29) is 0 Å². The van der Waals surface area contributed by atoms with Crippen molar-refractivity contribution in [3.63, 3.8) is 0 Å². The summed E-state index contributed by atoms with van der Waals surface area (Å²) in [7, 11) is 0. The van der Waals surface area contributed by atoms with Crippen LogP contribution in [0.2, 0.25) is 0 Å². The van der Waals surface area contributed by atoms with Crippen LogP contribution in [-0.2, 0) is 0 Å². The number of furan rings is 1. The molecule has 12 rings (SSSR count). The van der Waals surface area contributed by atoms with Gasteiger partial charge in [-0.2, -0.15) is 0 Å². The van der Waals surface area contributed by atoms with Crippen LogP contribution in [0, 0.1) is 0 Å². The molecule has 5 nitrogen and oxygen atoms in total. The van der Waals surface area contributed by atoms with Gasteiger partial charge in [-0.3, -0.25) is 4.57 Å². The fourth-order valence-corrected chi connectivity index (χ4v) is 8.58. The van der Waals surface area contributed by atoms with Gasteiger partial charge in [0.1, 0.15) is 16.8 Å². The molecule has 5 heteroatoms. The molecule has 0 aliphatic carbocycles. The topological polar surface area (TPSA) is 48.8 Å². The van der Waals surface area contributed by atoms with Gasteiger partial charge in [-0.25, -0.2) is 9.97 Å².